The molecular formula is C45H27N3OS2. The Kier molecular flexibility index (Phi) is 5.55. The monoisotopic (exact) mass is 689 g/mol. The van der Waals surface area contributed by atoms with Crippen LogP contribution in [-0.4, -0.2) is 14.5 Å². The highest BCUT2D eigenvalue weighted by Crippen LogP contribution is 2.49. The van der Waals surface area contributed by atoms with Gasteiger partial charge in [0.25, 0.3) is 0 Å². The predicted molar refractivity (Wildman–Crippen MR) is 217 cm³/mol. The second-order valence-corrected chi connectivity index (χ2v) is 15.8. The molecule has 0 amide bonds. The van der Waals surface area contributed by atoms with Crippen LogP contribution in [-0.2, 0) is 6.42 Å². The summed E-state index contributed by atoms with van der Waals surface area (Å²) in [5.41, 5.74) is 8.29. The first-order valence-corrected chi connectivity index (χ1v) is 19.0. The fourth-order valence-corrected chi connectivity index (χ4v) is 11.0. The summed E-state index contributed by atoms with van der Waals surface area (Å²) in [5, 5.41) is 9.73. The summed E-state index contributed by atoms with van der Waals surface area (Å²) in [6.45, 7) is 2.32. The van der Waals surface area contributed by atoms with E-state index in [2.05, 4.69) is 127 Å². The van der Waals surface area contributed by atoms with E-state index in [-0.39, 0.29) is 0 Å². The van der Waals surface area contributed by atoms with E-state index in [1.807, 2.05) is 23.5 Å². The van der Waals surface area contributed by atoms with Crippen molar-refractivity contribution < 1.29 is 4.42 Å². The molecule has 11 aromatic rings. The minimum atomic E-state index is 0.492. The lowest BCUT2D eigenvalue weighted by molar-refractivity contribution is 0.670. The average molecular weight is 690 g/mol. The molecule has 0 spiro atoms. The molecule has 51 heavy (non-hydrogen) atoms. The zero-order chi connectivity index (χ0) is 33.4. The second-order valence-electron chi connectivity index (χ2n) is 13.7. The lowest BCUT2D eigenvalue weighted by Crippen LogP contribution is -2.03. The van der Waals surface area contributed by atoms with Gasteiger partial charge in [-0.3, -0.25) is 4.57 Å². The van der Waals surface area contributed by atoms with Crippen LogP contribution in [0.15, 0.2) is 126 Å². The van der Waals surface area contributed by atoms with Crippen molar-refractivity contribution in [3.8, 4) is 17.2 Å². The Morgan fingerprint density at radius 3 is 2.31 bits per heavy atom. The number of hydrogen-bond acceptors (Lipinski definition) is 5. The molecule has 0 bridgehead atoms. The molecule has 4 nitrogen and oxygen atoms in total. The Hall–Kier alpha value is -5.82. The number of allylic oxidation sites excluding steroid dienone is 1. The molecule has 6 aromatic carbocycles. The molecule has 0 aliphatic heterocycles. The molecular weight excluding hydrogens is 663 g/mol. The first-order chi connectivity index (χ1) is 25.2. The van der Waals surface area contributed by atoms with Crippen LogP contribution < -0.4 is 0 Å². The number of nitrogens with zero attached hydrogens (tertiary/aromatic N) is 3. The van der Waals surface area contributed by atoms with E-state index in [0.717, 1.165) is 66.3 Å². The standard InChI is InChI=1S/C45H27N3OS2/c1-24-21-22-36-32(23-24)38-37-29-14-4-7-18-33(29)48(41(37)26-12-2-3-13-28(26)43(38)50-36)45-46-39-30-15-6-9-20-35(30)51-44(39)40(47-45)31-17-10-16-27-25-11-5-8-19-34(25)49-42(27)31/h2-22,24H,23H2,1H3. The van der Waals surface area contributed by atoms with Gasteiger partial charge in [-0.1, -0.05) is 104 Å². The minimum absolute atomic E-state index is 0.492. The van der Waals surface area contributed by atoms with Crippen molar-refractivity contribution in [1.29, 1.82) is 0 Å². The number of hydrogen-bond donors (Lipinski definition) is 0. The summed E-state index contributed by atoms with van der Waals surface area (Å²) in [6, 6.07) is 41.0. The largest absolute Gasteiger partial charge is 0.455 e. The van der Waals surface area contributed by atoms with Crippen LogP contribution >= 0.6 is 22.7 Å². The molecule has 5 aromatic heterocycles. The number of fused-ring (bicyclic) bond motifs is 16. The molecule has 1 unspecified atom stereocenters. The SMILES string of the molecule is CC1C=Cc2sc3c4ccccc4c4c(c5ccccc5n4-c4nc(-c5cccc6c5oc5ccccc56)c5sc6ccccc6c5n4)c3c2C1. The van der Waals surface area contributed by atoms with Gasteiger partial charge in [-0.15, -0.1) is 22.7 Å². The molecule has 0 radical (unpaired) electrons. The van der Waals surface area contributed by atoms with Gasteiger partial charge in [-0.2, -0.15) is 0 Å². The molecule has 5 heterocycles. The maximum absolute atomic E-state index is 6.62. The van der Waals surface area contributed by atoms with Crippen LogP contribution in [0.3, 0.4) is 0 Å². The van der Waals surface area contributed by atoms with Crippen molar-refractivity contribution in [3.63, 3.8) is 0 Å². The average Bonchev–Trinajstić information content (AvgIpc) is 3.93. The topological polar surface area (TPSA) is 43.9 Å². The van der Waals surface area contributed by atoms with Gasteiger partial charge in [0.15, 0.2) is 0 Å². The Balaban J connectivity index is 1.28. The van der Waals surface area contributed by atoms with Crippen molar-refractivity contribution in [2.75, 3.05) is 0 Å². The quantitative estimate of drug-likeness (QED) is 0.181. The summed E-state index contributed by atoms with van der Waals surface area (Å²) >= 11 is 3.68. The van der Waals surface area contributed by atoms with Crippen molar-refractivity contribution in [3.05, 3.63) is 132 Å². The molecule has 240 valence electrons. The van der Waals surface area contributed by atoms with Crippen LogP contribution in [0, 0.1) is 5.92 Å². The predicted octanol–water partition coefficient (Wildman–Crippen LogP) is 13.1. The maximum atomic E-state index is 6.62. The lowest BCUT2D eigenvalue weighted by Gasteiger charge is -2.14. The van der Waals surface area contributed by atoms with Crippen molar-refractivity contribution in [2.24, 2.45) is 5.92 Å². The molecule has 6 heteroatoms. The molecule has 12 rings (SSSR count). The number of aromatic nitrogens is 3. The molecule has 1 aliphatic carbocycles. The zero-order valence-corrected chi connectivity index (χ0v) is 29.1. The Bertz CT molecular complexity index is 3320. The van der Waals surface area contributed by atoms with Crippen molar-refractivity contribution >= 4 is 114 Å². The smallest absolute Gasteiger partial charge is 0.235 e. The van der Waals surface area contributed by atoms with Gasteiger partial charge in [0.1, 0.15) is 11.2 Å². The lowest BCUT2D eigenvalue weighted by atomic mass is 9.91. The zero-order valence-electron chi connectivity index (χ0n) is 27.5. The van der Waals surface area contributed by atoms with Crippen LogP contribution in [0.5, 0.6) is 0 Å². The van der Waals surface area contributed by atoms with Crippen molar-refractivity contribution in [2.45, 2.75) is 13.3 Å². The van der Waals surface area contributed by atoms with Crippen molar-refractivity contribution in [1.82, 2.24) is 14.5 Å². The van der Waals surface area contributed by atoms with Crippen LogP contribution in [0.4, 0.5) is 0 Å². The number of rotatable bonds is 2. The van der Waals surface area contributed by atoms with E-state index in [0.29, 0.717) is 11.9 Å². The molecule has 1 aliphatic rings. The fourth-order valence-electron chi connectivity index (χ4n) is 8.55. The van der Waals surface area contributed by atoms with E-state index >= 15 is 0 Å². The third-order valence-corrected chi connectivity index (χ3v) is 13.2. The Labute approximate surface area is 299 Å². The summed E-state index contributed by atoms with van der Waals surface area (Å²) in [6.07, 6.45) is 5.74. The normalized spacial score (nSPS) is 14.8. The van der Waals surface area contributed by atoms with E-state index in [9.17, 15) is 0 Å². The first-order valence-electron chi connectivity index (χ1n) is 17.4. The maximum Gasteiger partial charge on any atom is 0.235 e. The summed E-state index contributed by atoms with van der Waals surface area (Å²) < 4.78 is 12.6. The van der Waals surface area contributed by atoms with Crippen LogP contribution in [0.1, 0.15) is 17.4 Å². The summed E-state index contributed by atoms with van der Waals surface area (Å²) in [7, 11) is 0. The Morgan fingerprint density at radius 2 is 1.41 bits per heavy atom. The highest BCUT2D eigenvalue weighted by Gasteiger charge is 2.27. The highest BCUT2D eigenvalue weighted by atomic mass is 32.1. The van der Waals surface area contributed by atoms with Gasteiger partial charge in [0, 0.05) is 62.9 Å². The first kappa shape index (κ1) is 27.9. The third kappa shape index (κ3) is 3.73. The van der Waals surface area contributed by atoms with Gasteiger partial charge in [-0.05, 0) is 48.2 Å². The molecule has 0 saturated carbocycles. The van der Waals surface area contributed by atoms with E-state index in [4.69, 9.17) is 14.4 Å². The Morgan fingerprint density at radius 1 is 0.667 bits per heavy atom. The number of benzene rings is 6. The molecule has 1 atom stereocenters. The number of furan rings is 1. The minimum Gasteiger partial charge on any atom is -0.455 e. The van der Waals surface area contributed by atoms with Crippen LogP contribution in [0.2, 0.25) is 0 Å². The fraction of sp³-hybridized carbons (Fsp3) is 0.0667. The molecule has 0 saturated heterocycles. The summed E-state index contributed by atoms with van der Waals surface area (Å²) in [4.78, 5) is 12.5. The van der Waals surface area contributed by atoms with Gasteiger partial charge in [0.05, 0.1) is 26.9 Å². The third-order valence-electron chi connectivity index (χ3n) is 10.8. The highest BCUT2D eigenvalue weighted by molar-refractivity contribution is 7.26. The number of thiophene rings is 2. The summed E-state index contributed by atoms with van der Waals surface area (Å²) in [5.74, 6) is 1.16. The van der Waals surface area contributed by atoms with Crippen LogP contribution in [0.25, 0.3) is 108 Å². The van der Waals surface area contributed by atoms with E-state index in [1.165, 1.54) is 46.8 Å². The molecule has 0 N–H and O–H groups in total. The molecule has 0 fully saturated rings. The van der Waals surface area contributed by atoms with E-state index < -0.39 is 0 Å². The van der Waals surface area contributed by atoms with E-state index in [1.54, 1.807) is 11.3 Å². The number of para-hydroxylation sites is 3. The van der Waals surface area contributed by atoms with Gasteiger partial charge in [0.2, 0.25) is 5.95 Å². The second kappa shape index (κ2) is 10.1. The van der Waals surface area contributed by atoms with Gasteiger partial charge in [-0.25, -0.2) is 9.97 Å². The van der Waals surface area contributed by atoms with Gasteiger partial charge >= 0.3 is 0 Å². The van der Waals surface area contributed by atoms with Gasteiger partial charge < -0.3 is 4.42 Å².